The molecule has 24 heavy (non-hydrogen) atoms. The Hall–Kier alpha value is -3.21. The second kappa shape index (κ2) is 7.37. The Labute approximate surface area is 140 Å². The summed E-state index contributed by atoms with van der Waals surface area (Å²) in [6, 6.07) is 19.7. The third kappa shape index (κ3) is 4.16. The van der Waals surface area contributed by atoms with Crippen molar-refractivity contribution in [1.82, 2.24) is 10.4 Å². The molecular formula is C19H18N4O. The fraction of sp³-hybridized carbons (Fsp3) is 0.105. The first-order chi connectivity index (χ1) is 11.7. The van der Waals surface area contributed by atoms with Crippen LogP contribution in [-0.2, 0) is 4.79 Å². The predicted octanol–water partition coefficient (Wildman–Crippen LogP) is 3.11. The van der Waals surface area contributed by atoms with Crippen LogP contribution in [0.15, 0.2) is 65.8 Å². The summed E-state index contributed by atoms with van der Waals surface area (Å²) in [5.41, 5.74) is 4.99. The van der Waals surface area contributed by atoms with Gasteiger partial charge in [0.1, 0.15) is 0 Å². The van der Waals surface area contributed by atoms with Gasteiger partial charge in [0, 0.05) is 11.4 Å². The number of fused-ring (bicyclic) bond motifs is 1. The topological polar surface area (TPSA) is 66.4 Å². The number of nitrogens with one attached hydrogen (secondary N) is 2. The Morgan fingerprint density at radius 3 is 2.75 bits per heavy atom. The fourth-order valence-electron chi connectivity index (χ4n) is 2.33. The Kier molecular flexibility index (Phi) is 4.81. The van der Waals surface area contributed by atoms with Gasteiger partial charge in [-0.2, -0.15) is 5.10 Å². The molecule has 0 unspecified atom stereocenters. The van der Waals surface area contributed by atoms with Crippen LogP contribution in [0.25, 0.3) is 10.8 Å². The minimum atomic E-state index is -0.216. The lowest BCUT2D eigenvalue weighted by molar-refractivity contribution is -0.119. The molecule has 0 fully saturated rings. The number of hydrogen-bond donors (Lipinski definition) is 2. The molecule has 0 saturated heterocycles. The number of anilines is 1. The molecule has 0 aliphatic heterocycles. The number of carbonyl (C=O) groups is 1. The maximum Gasteiger partial charge on any atom is 0.259 e. The first-order valence-electron chi connectivity index (χ1n) is 7.69. The number of nitrogens with zero attached hydrogens (tertiary/aromatic N) is 2. The SMILES string of the molecule is Cc1cccc(/C=N/NC(=O)CNc2ccc3ccccc3c2)n1. The first-order valence-corrected chi connectivity index (χ1v) is 7.69. The van der Waals surface area contributed by atoms with E-state index in [2.05, 4.69) is 26.9 Å². The highest BCUT2D eigenvalue weighted by Crippen LogP contribution is 2.18. The number of aryl methyl sites for hydroxylation is 1. The van der Waals surface area contributed by atoms with Gasteiger partial charge in [0.05, 0.1) is 18.5 Å². The molecule has 0 bridgehead atoms. The number of rotatable bonds is 5. The second-order valence-corrected chi connectivity index (χ2v) is 5.41. The van der Waals surface area contributed by atoms with Gasteiger partial charge in [-0.05, 0) is 42.0 Å². The zero-order valence-electron chi connectivity index (χ0n) is 13.4. The van der Waals surface area contributed by atoms with Crippen molar-refractivity contribution in [1.29, 1.82) is 0 Å². The first kappa shape index (κ1) is 15.7. The Balaban J connectivity index is 1.53. The minimum absolute atomic E-state index is 0.150. The molecule has 1 aromatic heterocycles. The van der Waals surface area contributed by atoms with Crippen molar-refractivity contribution >= 4 is 28.6 Å². The highest BCUT2D eigenvalue weighted by atomic mass is 16.2. The number of benzene rings is 2. The molecule has 0 radical (unpaired) electrons. The maximum atomic E-state index is 11.8. The van der Waals surface area contributed by atoms with E-state index in [1.807, 2.05) is 61.5 Å². The lowest BCUT2D eigenvalue weighted by Crippen LogP contribution is -2.25. The quantitative estimate of drug-likeness (QED) is 0.561. The number of hydrazone groups is 1. The van der Waals surface area contributed by atoms with E-state index < -0.39 is 0 Å². The van der Waals surface area contributed by atoms with Gasteiger partial charge in [0.15, 0.2) is 0 Å². The minimum Gasteiger partial charge on any atom is -0.376 e. The van der Waals surface area contributed by atoms with E-state index in [4.69, 9.17) is 0 Å². The summed E-state index contributed by atoms with van der Waals surface area (Å²) < 4.78 is 0. The van der Waals surface area contributed by atoms with Crippen LogP contribution < -0.4 is 10.7 Å². The molecule has 0 saturated carbocycles. The van der Waals surface area contributed by atoms with Gasteiger partial charge in [-0.25, -0.2) is 5.43 Å². The normalized spacial score (nSPS) is 10.9. The third-order valence-electron chi connectivity index (χ3n) is 3.50. The standard InChI is InChI=1S/C19H18N4O/c1-14-5-4-8-18(22-14)12-21-23-19(24)13-20-17-10-9-15-6-2-3-7-16(15)11-17/h2-12,20H,13H2,1H3,(H,23,24)/b21-12+. The predicted molar refractivity (Wildman–Crippen MR) is 97.1 cm³/mol. The molecule has 120 valence electrons. The van der Waals surface area contributed by atoms with Gasteiger partial charge in [-0.3, -0.25) is 9.78 Å². The second-order valence-electron chi connectivity index (χ2n) is 5.41. The van der Waals surface area contributed by atoms with Gasteiger partial charge in [0.2, 0.25) is 0 Å². The zero-order chi connectivity index (χ0) is 16.8. The number of aromatic nitrogens is 1. The van der Waals surface area contributed by atoms with Crippen molar-refractivity contribution in [3.8, 4) is 0 Å². The van der Waals surface area contributed by atoms with Crippen molar-refractivity contribution in [3.63, 3.8) is 0 Å². The van der Waals surface area contributed by atoms with Crippen molar-refractivity contribution in [2.24, 2.45) is 5.10 Å². The Morgan fingerprint density at radius 1 is 1.08 bits per heavy atom. The molecule has 0 atom stereocenters. The van der Waals surface area contributed by atoms with E-state index in [-0.39, 0.29) is 12.5 Å². The smallest absolute Gasteiger partial charge is 0.259 e. The average molecular weight is 318 g/mol. The van der Waals surface area contributed by atoms with Crippen LogP contribution in [0.3, 0.4) is 0 Å². The van der Waals surface area contributed by atoms with Crippen LogP contribution in [0.1, 0.15) is 11.4 Å². The zero-order valence-corrected chi connectivity index (χ0v) is 13.4. The van der Waals surface area contributed by atoms with Gasteiger partial charge in [0.25, 0.3) is 5.91 Å². The summed E-state index contributed by atoms with van der Waals surface area (Å²) in [5, 5.41) is 9.31. The molecule has 2 aromatic carbocycles. The molecule has 1 amide bonds. The maximum absolute atomic E-state index is 11.8. The molecule has 0 aliphatic rings. The van der Waals surface area contributed by atoms with Gasteiger partial charge in [-0.1, -0.05) is 36.4 Å². The summed E-state index contributed by atoms with van der Waals surface area (Å²) >= 11 is 0. The number of pyridine rings is 1. The van der Waals surface area contributed by atoms with Gasteiger partial charge < -0.3 is 5.32 Å². The third-order valence-corrected chi connectivity index (χ3v) is 3.50. The molecule has 0 aliphatic carbocycles. The van der Waals surface area contributed by atoms with E-state index in [1.54, 1.807) is 0 Å². The van der Waals surface area contributed by atoms with Crippen molar-refractivity contribution in [3.05, 3.63) is 72.1 Å². The summed E-state index contributed by atoms with van der Waals surface area (Å²) in [7, 11) is 0. The van der Waals surface area contributed by atoms with Crippen LogP contribution >= 0.6 is 0 Å². The fourth-order valence-corrected chi connectivity index (χ4v) is 2.33. The van der Waals surface area contributed by atoms with Crippen molar-refractivity contribution < 1.29 is 4.79 Å². The van der Waals surface area contributed by atoms with Crippen LogP contribution in [0.5, 0.6) is 0 Å². The van der Waals surface area contributed by atoms with E-state index in [9.17, 15) is 4.79 Å². The molecule has 1 heterocycles. The molecular weight excluding hydrogens is 300 g/mol. The lowest BCUT2D eigenvalue weighted by Gasteiger charge is -2.06. The molecule has 3 rings (SSSR count). The van der Waals surface area contributed by atoms with E-state index in [0.29, 0.717) is 5.69 Å². The molecule has 5 heteroatoms. The molecule has 5 nitrogen and oxygen atoms in total. The van der Waals surface area contributed by atoms with E-state index >= 15 is 0 Å². The number of hydrogen-bond acceptors (Lipinski definition) is 4. The van der Waals surface area contributed by atoms with Crippen LogP contribution in [-0.4, -0.2) is 23.7 Å². The lowest BCUT2D eigenvalue weighted by atomic mass is 10.1. The Morgan fingerprint density at radius 2 is 1.92 bits per heavy atom. The van der Waals surface area contributed by atoms with E-state index in [1.165, 1.54) is 11.6 Å². The summed E-state index contributed by atoms with van der Waals surface area (Å²) in [4.78, 5) is 16.1. The van der Waals surface area contributed by atoms with Crippen LogP contribution in [0.4, 0.5) is 5.69 Å². The van der Waals surface area contributed by atoms with Crippen molar-refractivity contribution in [2.45, 2.75) is 6.92 Å². The van der Waals surface area contributed by atoms with Gasteiger partial charge >= 0.3 is 0 Å². The number of carbonyl (C=O) groups excluding carboxylic acids is 1. The van der Waals surface area contributed by atoms with Gasteiger partial charge in [-0.15, -0.1) is 0 Å². The summed E-state index contributed by atoms with van der Waals surface area (Å²) in [5.74, 6) is -0.216. The van der Waals surface area contributed by atoms with Crippen LogP contribution in [0.2, 0.25) is 0 Å². The highest BCUT2D eigenvalue weighted by Gasteiger charge is 2.00. The number of amides is 1. The highest BCUT2D eigenvalue weighted by molar-refractivity contribution is 5.87. The molecule has 0 spiro atoms. The largest absolute Gasteiger partial charge is 0.376 e. The summed E-state index contributed by atoms with van der Waals surface area (Å²) in [6.45, 7) is 2.06. The van der Waals surface area contributed by atoms with E-state index in [0.717, 1.165) is 16.8 Å². The Bertz CT molecular complexity index is 889. The average Bonchev–Trinajstić information content (AvgIpc) is 2.60. The molecule has 2 N–H and O–H groups in total. The van der Waals surface area contributed by atoms with Crippen LogP contribution in [0, 0.1) is 6.92 Å². The van der Waals surface area contributed by atoms with Crippen molar-refractivity contribution in [2.75, 3.05) is 11.9 Å². The molecule has 3 aromatic rings. The monoisotopic (exact) mass is 318 g/mol. The summed E-state index contributed by atoms with van der Waals surface area (Å²) in [6.07, 6.45) is 1.53.